The number of carboxylic acid groups (broad SMARTS) is 1. The Bertz CT molecular complexity index is 628. The van der Waals surface area contributed by atoms with Crippen LogP contribution in [0.2, 0.25) is 0 Å². The number of nitrogens with one attached hydrogen (secondary N) is 1. The van der Waals surface area contributed by atoms with Crippen LogP contribution in [0.3, 0.4) is 0 Å². The monoisotopic (exact) mass is 304 g/mol. The van der Waals surface area contributed by atoms with Gasteiger partial charge in [-0.05, 0) is 23.8 Å². The Kier molecular flexibility index (Phi) is 5.57. The number of rotatable bonds is 8. The van der Waals surface area contributed by atoms with Crippen molar-refractivity contribution in [3.05, 3.63) is 42.1 Å². The van der Waals surface area contributed by atoms with Crippen LogP contribution in [0.15, 0.2) is 36.5 Å². The molecule has 2 rings (SSSR count). The van der Waals surface area contributed by atoms with Crippen LogP contribution < -0.4 is 5.32 Å². The number of carbonyl (C=O) groups excluding carboxylic acids is 1. The summed E-state index contributed by atoms with van der Waals surface area (Å²) in [5, 5.41) is 12.3. The van der Waals surface area contributed by atoms with Crippen molar-refractivity contribution < 1.29 is 14.7 Å². The van der Waals surface area contributed by atoms with Crippen molar-refractivity contribution in [2.45, 2.75) is 18.2 Å². The van der Waals surface area contributed by atoms with E-state index in [0.29, 0.717) is 18.6 Å². The highest BCUT2D eigenvalue weighted by Gasteiger charge is 2.15. The molecule has 0 saturated carbocycles. The summed E-state index contributed by atoms with van der Waals surface area (Å²) in [4.78, 5) is 25.6. The van der Waals surface area contributed by atoms with Crippen molar-refractivity contribution in [2.75, 3.05) is 5.75 Å². The van der Waals surface area contributed by atoms with Gasteiger partial charge in [-0.25, -0.2) is 4.79 Å². The molecule has 5 nitrogen and oxygen atoms in total. The van der Waals surface area contributed by atoms with Crippen molar-refractivity contribution in [3.8, 4) is 0 Å². The van der Waals surface area contributed by atoms with Crippen molar-refractivity contribution in [2.24, 2.45) is 0 Å². The molecule has 110 valence electrons. The topological polar surface area (TPSA) is 79.3 Å². The summed E-state index contributed by atoms with van der Waals surface area (Å²) in [6, 6.07) is 9.15. The zero-order valence-electron chi connectivity index (χ0n) is 11.4. The third-order valence-corrected chi connectivity index (χ3v) is 4.13. The minimum Gasteiger partial charge on any atom is -0.480 e. The van der Waals surface area contributed by atoms with E-state index in [9.17, 15) is 9.59 Å². The molecule has 1 amide bonds. The minimum atomic E-state index is -1.01. The highest BCUT2D eigenvalue weighted by atomic mass is 32.2. The average molecular weight is 304 g/mol. The molecule has 1 heterocycles. The SMILES string of the molecule is O=CNC(CCSCc1cccc2cccnc12)C(=O)O. The maximum absolute atomic E-state index is 10.9. The molecule has 0 radical (unpaired) electrons. The molecule has 21 heavy (non-hydrogen) atoms. The molecule has 0 bridgehead atoms. The van der Waals surface area contributed by atoms with Crippen molar-refractivity contribution in [3.63, 3.8) is 0 Å². The summed E-state index contributed by atoms with van der Waals surface area (Å²) >= 11 is 1.63. The van der Waals surface area contributed by atoms with Crippen LogP contribution in [0.5, 0.6) is 0 Å². The lowest BCUT2D eigenvalue weighted by Gasteiger charge is -2.10. The molecule has 6 heteroatoms. The van der Waals surface area contributed by atoms with Gasteiger partial charge >= 0.3 is 5.97 Å². The van der Waals surface area contributed by atoms with Crippen LogP contribution in [-0.2, 0) is 15.3 Å². The van der Waals surface area contributed by atoms with Gasteiger partial charge in [-0.2, -0.15) is 11.8 Å². The highest BCUT2D eigenvalue weighted by molar-refractivity contribution is 7.98. The van der Waals surface area contributed by atoms with Crippen LogP contribution in [0, 0.1) is 0 Å². The van der Waals surface area contributed by atoms with Gasteiger partial charge in [-0.15, -0.1) is 0 Å². The Morgan fingerprint density at radius 1 is 1.38 bits per heavy atom. The third kappa shape index (κ3) is 4.19. The number of thioether (sulfide) groups is 1. The number of aromatic nitrogens is 1. The maximum Gasteiger partial charge on any atom is 0.326 e. The Balaban J connectivity index is 1.90. The van der Waals surface area contributed by atoms with Crippen LogP contribution >= 0.6 is 11.8 Å². The summed E-state index contributed by atoms with van der Waals surface area (Å²) in [5.41, 5.74) is 2.11. The normalized spacial score (nSPS) is 12.0. The molecule has 1 aromatic carbocycles. The molecule has 1 aromatic heterocycles. The second-order valence-corrected chi connectivity index (χ2v) is 5.61. The lowest BCUT2D eigenvalue weighted by Crippen LogP contribution is -2.36. The molecule has 2 N–H and O–H groups in total. The fraction of sp³-hybridized carbons (Fsp3) is 0.267. The van der Waals surface area contributed by atoms with Gasteiger partial charge < -0.3 is 10.4 Å². The predicted molar refractivity (Wildman–Crippen MR) is 83.1 cm³/mol. The molecule has 0 fully saturated rings. The van der Waals surface area contributed by atoms with E-state index in [0.717, 1.165) is 22.2 Å². The molecule has 1 atom stereocenters. The molecule has 2 aromatic rings. The predicted octanol–water partition coefficient (Wildman–Crippen LogP) is 2.06. The van der Waals surface area contributed by atoms with Crippen molar-refractivity contribution in [1.29, 1.82) is 0 Å². The van der Waals surface area contributed by atoms with E-state index in [1.165, 1.54) is 0 Å². The van der Waals surface area contributed by atoms with Crippen LogP contribution in [0.4, 0.5) is 0 Å². The smallest absolute Gasteiger partial charge is 0.326 e. The zero-order chi connectivity index (χ0) is 15.1. The first-order valence-electron chi connectivity index (χ1n) is 6.55. The molecule has 0 aliphatic carbocycles. The van der Waals surface area contributed by atoms with E-state index in [1.807, 2.05) is 30.3 Å². The van der Waals surface area contributed by atoms with E-state index in [2.05, 4.69) is 10.3 Å². The van der Waals surface area contributed by atoms with Gasteiger partial charge in [-0.3, -0.25) is 9.78 Å². The number of hydrogen-bond acceptors (Lipinski definition) is 4. The minimum absolute atomic E-state index is 0.400. The molecule has 0 saturated heterocycles. The first-order valence-corrected chi connectivity index (χ1v) is 7.70. The Morgan fingerprint density at radius 2 is 2.19 bits per heavy atom. The van der Waals surface area contributed by atoms with Gasteiger partial charge in [-0.1, -0.05) is 24.3 Å². The summed E-state index contributed by atoms with van der Waals surface area (Å²) in [7, 11) is 0. The maximum atomic E-state index is 10.9. The fourth-order valence-electron chi connectivity index (χ4n) is 2.03. The molecule has 1 unspecified atom stereocenters. The second kappa shape index (κ2) is 7.64. The number of para-hydroxylation sites is 1. The Labute approximate surface area is 126 Å². The number of amides is 1. The van der Waals surface area contributed by atoms with E-state index in [1.54, 1.807) is 18.0 Å². The van der Waals surface area contributed by atoms with Crippen LogP contribution in [0.25, 0.3) is 10.9 Å². The average Bonchev–Trinajstić information content (AvgIpc) is 2.50. The van der Waals surface area contributed by atoms with Gasteiger partial charge in [0.1, 0.15) is 6.04 Å². The molecule has 0 spiro atoms. The van der Waals surface area contributed by atoms with Gasteiger partial charge in [0, 0.05) is 17.3 Å². The van der Waals surface area contributed by atoms with Gasteiger partial charge in [0.15, 0.2) is 0 Å². The molecular formula is C15H16N2O3S. The number of carbonyl (C=O) groups is 2. The number of pyridine rings is 1. The van der Waals surface area contributed by atoms with E-state index in [4.69, 9.17) is 5.11 Å². The number of benzene rings is 1. The van der Waals surface area contributed by atoms with Gasteiger partial charge in [0.2, 0.25) is 6.41 Å². The number of aliphatic carboxylic acids is 1. The van der Waals surface area contributed by atoms with Crippen molar-refractivity contribution in [1.82, 2.24) is 10.3 Å². The Hall–Kier alpha value is -2.08. The van der Waals surface area contributed by atoms with E-state index in [-0.39, 0.29) is 0 Å². The summed E-state index contributed by atoms with van der Waals surface area (Å²) in [6.07, 6.45) is 2.60. The summed E-state index contributed by atoms with van der Waals surface area (Å²) < 4.78 is 0. The fourth-order valence-corrected chi connectivity index (χ4v) is 3.03. The summed E-state index contributed by atoms with van der Waals surface area (Å²) in [5.74, 6) is 0.414. The lowest BCUT2D eigenvalue weighted by molar-refractivity contribution is -0.140. The van der Waals surface area contributed by atoms with Crippen LogP contribution in [0.1, 0.15) is 12.0 Å². The van der Waals surface area contributed by atoms with Gasteiger partial charge in [0.05, 0.1) is 5.52 Å². The van der Waals surface area contributed by atoms with E-state index < -0.39 is 12.0 Å². The third-order valence-electron chi connectivity index (χ3n) is 3.09. The van der Waals surface area contributed by atoms with E-state index >= 15 is 0 Å². The van der Waals surface area contributed by atoms with Gasteiger partial charge in [0.25, 0.3) is 0 Å². The van der Waals surface area contributed by atoms with Crippen molar-refractivity contribution >= 4 is 35.0 Å². The molecule has 0 aliphatic heterocycles. The number of carboxylic acids is 1. The number of hydrogen-bond donors (Lipinski definition) is 2. The number of fused-ring (bicyclic) bond motifs is 1. The summed E-state index contributed by atoms with van der Waals surface area (Å²) in [6.45, 7) is 0. The first-order chi connectivity index (χ1) is 10.2. The zero-order valence-corrected chi connectivity index (χ0v) is 12.2. The quantitative estimate of drug-likeness (QED) is 0.576. The highest BCUT2D eigenvalue weighted by Crippen LogP contribution is 2.21. The lowest BCUT2D eigenvalue weighted by atomic mass is 10.1. The largest absolute Gasteiger partial charge is 0.480 e. The van der Waals surface area contributed by atoms with Crippen LogP contribution in [-0.4, -0.2) is 34.3 Å². The standard InChI is InChI=1S/C15H16N2O3S/c18-10-17-13(15(19)20)6-8-21-9-12-4-1-3-11-5-2-7-16-14(11)12/h1-5,7,10,13H,6,8-9H2,(H,17,18)(H,19,20). The Morgan fingerprint density at radius 3 is 2.95 bits per heavy atom. The number of nitrogens with zero attached hydrogens (tertiary/aromatic N) is 1. The molecule has 0 aliphatic rings. The first kappa shape index (κ1) is 15.3. The molecular weight excluding hydrogens is 288 g/mol. The second-order valence-electron chi connectivity index (χ2n) is 4.51.